The van der Waals surface area contributed by atoms with E-state index in [4.69, 9.17) is 4.74 Å². The number of halogens is 3. The molecule has 0 spiro atoms. The zero-order chi connectivity index (χ0) is 27.3. The number of carbonyl (C=O) groups excluding carboxylic acids is 2. The van der Waals surface area contributed by atoms with E-state index in [1.807, 2.05) is 11.9 Å². The number of alkyl halides is 3. The Kier molecular flexibility index (Phi) is 9.18. The van der Waals surface area contributed by atoms with Crippen molar-refractivity contribution in [3.05, 3.63) is 28.8 Å². The Balaban J connectivity index is 1.43. The third kappa shape index (κ3) is 7.85. The lowest BCUT2D eigenvalue weighted by molar-refractivity contribution is -0.274. The summed E-state index contributed by atoms with van der Waals surface area (Å²) in [6, 6.07) is 3.50. The number of likely N-dealkylation sites (N-methyl/N-ethyl adjacent to an activating group) is 1. The van der Waals surface area contributed by atoms with Crippen LogP contribution in [0.3, 0.4) is 0 Å². The minimum absolute atomic E-state index is 0.0205. The van der Waals surface area contributed by atoms with E-state index >= 15 is 0 Å². The van der Waals surface area contributed by atoms with Gasteiger partial charge in [0, 0.05) is 51.9 Å². The van der Waals surface area contributed by atoms with Crippen LogP contribution in [0.5, 0.6) is 5.75 Å². The van der Waals surface area contributed by atoms with E-state index in [1.165, 1.54) is 23.5 Å². The second-order valence-electron chi connectivity index (χ2n) is 9.39. The fourth-order valence-electron chi connectivity index (χ4n) is 4.38. The number of piperazine rings is 1. The first-order chi connectivity index (χ1) is 18.1. The number of piperidine rings is 1. The Labute approximate surface area is 222 Å². The molecule has 1 amide bonds. The SMILES string of the molecule is COC1CCN(c2nnc(CC(=O)c3ccc(OC(F)(F)F)c(NC(=O)CN4CCN(C)CC4)c3)s2)CC1. The van der Waals surface area contributed by atoms with E-state index < -0.39 is 18.0 Å². The van der Waals surface area contributed by atoms with Crippen LogP contribution in [0.25, 0.3) is 0 Å². The van der Waals surface area contributed by atoms with Crippen molar-refractivity contribution in [2.75, 3.05) is 70.2 Å². The summed E-state index contributed by atoms with van der Waals surface area (Å²) in [7, 11) is 3.68. The number of benzene rings is 1. The average Bonchev–Trinajstić information content (AvgIpc) is 3.34. The van der Waals surface area contributed by atoms with Gasteiger partial charge >= 0.3 is 6.36 Å². The van der Waals surface area contributed by atoms with Gasteiger partial charge in [-0.3, -0.25) is 14.5 Å². The van der Waals surface area contributed by atoms with Gasteiger partial charge in [-0.25, -0.2) is 0 Å². The number of carbonyl (C=O) groups is 2. The van der Waals surface area contributed by atoms with Gasteiger partial charge in [-0.05, 0) is 38.1 Å². The van der Waals surface area contributed by atoms with E-state index in [-0.39, 0.29) is 36.1 Å². The van der Waals surface area contributed by atoms with Crippen LogP contribution in [0.2, 0.25) is 0 Å². The summed E-state index contributed by atoms with van der Waals surface area (Å²) in [6.45, 7) is 4.49. The van der Waals surface area contributed by atoms with Gasteiger partial charge < -0.3 is 24.6 Å². The van der Waals surface area contributed by atoms with Crippen LogP contribution in [0.4, 0.5) is 24.0 Å². The second kappa shape index (κ2) is 12.4. The van der Waals surface area contributed by atoms with E-state index in [2.05, 4.69) is 30.1 Å². The van der Waals surface area contributed by atoms with Gasteiger partial charge in [-0.2, -0.15) is 0 Å². The first-order valence-corrected chi connectivity index (χ1v) is 13.1. The molecule has 1 N–H and O–H groups in total. The van der Waals surface area contributed by atoms with Crippen LogP contribution in [-0.2, 0) is 16.0 Å². The van der Waals surface area contributed by atoms with Gasteiger partial charge in [-0.1, -0.05) is 11.3 Å². The predicted molar refractivity (Wildman–Crippen MR) is 136 cm³/mol. The van der Waals surface area contributed by atoms with Crippen LogP contribution in [-0.4, -0.2) is 104 Å². The van der Waals surface area contributed by atoms with E-state index in [0.717, 1.165) is 45.1 Å². The molecular weight excluding hydrogens is 525 g/mol. The molecule has 38 heavy (non-hydrogen) atoms. The average molecular weight is 557 g/mol. The number of methoxy groups -OCH3 is 1. The van der Waals surface area contributed by atoms with Gasteiger partial charge in [0.2, 0.25) is 11.0 Å². The normalized spacial score (nSPS) is 18.0. The fourth-order valence-corrected chi connectivity index (χ4v) is 5.27. The molecule has 0 atom stereocenters. The van der Waals surface area contributed by atoms with Gasteiger partial charge in [0.1, 0.15) is 5.01 Å². The van der Waals surface area contributed by atoms with Gasteiger partial charge in [-0.15, -0.1) is 23.4 Å². The summed E-state index contributed by atoms with van der Waals surface area (Å²) in [5, 5.41) is 12.0. The quantitative estimate of drug-likeness (QED) is 0.468. The molecule has 0 unspecified atom stereocenters. The van der Waals surface area contributed by atoms with E-state index in [9.17, 15) is 22.8 Å². The molecule has 10 nitrogen and oxygen atoms in total. The zero-order valence-electron chi connectivity index (χ0n) is 21.3. The number of ether oxygens (including phenoxy) is 2. The monoisotopic (exact) mass is 556 g/mol. The van der Waals surface area contributed by atoms with Gasteiger partial charge in [0.15, 0.2) is 11.5 Å². The fraction of sp³-hybridized carbons (Fsp3) is 0.583. The lowest BCUT2D eigenvalue weighted by atomic mass is 10.1. The molecule has 1 aromatic carbocycles. The number of anilines is 2. The van der Waals surface area contributed by atoms with Crippen molar-refractivity contribution in [2.45, 2.75) is 31.7 Å². The largest absolute Gasteiger partial charge is 0.573 e. The van der Waals surface area contributed by atoms with E-state index in [0.29, 0.717) is 23.2 Å². The zero-order valence-corrected chi connectivity index (χ0v) is 22.1. The molecule has 2 aliphatic rings. The smallest absolute Gasteiger partial charge is 0.404 e. The molecular formula is C24H31F3N6O4S. The second-order valence-corrected chi connectivity index (χ2v) is 10.4. The minimum Gasteiger partial charge on any atom is -0.404 e. The third-order valence-corrected chi connectivity index (χ3v) is 7.56. The lowest BCUT2D eigenvalue weighted by Gasteiger charge is -2.31. The lowest BCUT2D eigenvalue weighted by Crippen LogP contribution is -2.47. The molecule has 208 valence electrons. The van der Waals surface area contributed by atoms with Crippen molar-refractivity contribution in [3.63, 3.8) is 0 Å². The Morgan fingerprint density at radius 3 is 2.47 bits per heavy atom. The number of Topliss-reactive ketones (excluding diaryl/α,β-unsaturated/α-hetero) is 1. The number of nitrogens with zero attached hydrogens (tertiary/aromatic N) is 5. The van der Waals surface area contributed by atoms with Crippen LogP contribution in [0, 0.1) is 0 Å². The number of nitrogens with one attached hydrogen (secondary N) is 1. The van der Waals surface area contributed by atoms with Gasteiger partial charge in [0.05, 0.1) is 24.8 Å². The Morgan fingerprint density at radius 2 is 1.82 bits per heavy atom. The maximum Gasteiger partial charge on any atom is 0.573 e. The maximum atomic E-state index is 13.0. The Morgan fingerprint density at radius 1 is 1.11 bits per heavy atom. The molecule has 0 aliphatic carbocycles. The first-order valence-electron chi connectivity index (χ1n) is 12.3. The van der Waals surface area contributed by atoms with Crippen molar-refractivity contribution in [2.24, 2.45) is 0 Å². The summed E-state index contributed by atoms with van der Waals surface area (Å²) >= 11 is 1.31. The van der Waals surface area contributed by atoms with Crippen molar-refractivity contribution in [1.29, 1.82) is 0 Å². The Bertz CT molecular complexity index is 1110. The molecule has 0 saturated carbocycles. The van der Waals surface area contributed by atoms with Crippen LogP contribution in [0.1, 0.15) is 28.2 Å². The van der Waals surface area contributed by atoms with Crippen molar-refractivity contribution < 1.29 is 32.2 Å². The van der Waals surface area contributed by atoms with Crippen LogP contribution >= 0.6 is 11.3 Å². The summed E-state index contributed by atoms with van der Waals surface area (Å²) in [5.74, 6) is -1.44. The third-order valence-electron chi connectivity index (χ3n) is 6.58. The molecule has 2 aliphatic heterocycles. The molecule has 2 saturated heterocycles. The summed E-state index contributed by atoms with van der Waals surface area (Å²) < 4.78 is 48.4. The topological polar surface area (TPSA) is 100 Å². The molecule has 0 bridgehead atoms. The summed E-state index contributed by atoms with van der Waals surface area (Å²) in [5.41, 5.74) is -0.0849. The number of aromatic nitrogens is 2. The Hall–Kier alpha value is -2.81. The molecule has 14 heteroatoms. The number of rotatable bonds is 9. The highest BCUT2D eigenvalue weighted by atomic mass is 32.1. The molecule has 1 aromatic heterocycles. The molecule has 2 fully saturated rings. The molecule has 0 radical (unpaired) electrons. The standard InChI is InChI=1S/C24H31F3N6O4S/c1-31-9-11-32(12-10-31)15-21(35)28-18-13-16(3-4-20(18)37-24(25,26)27)19(34)14-22-29-30-23(38-22)33-7-5-17(36-2)6-8-33/h3-4,13,17H,5-12,14-15H2,1-2H3,(H,28,35). The van der Waals surface area contributed by atoms with Crippen molar-refractivity contribution in [3.8, 4) is 5.75 Å². The van der Waals surface area contributed by atoms with Crippen LogP contribution < -0.4 is 15.0 Å². The summed E-state index contributed by atoms with van der Waals surface area (Å²) in [4.78, 5) is 31.8. The number of hydrogen-bond acceptors (Lipinski definition) is 10. The highest BCUT2D eigenvalue weighted by Crippen LogP contribution is 2.32. The predicted octanol–water partition coefficient (Wildman–Crippen LogP) is 2.66. The highest BCUT2D eigenvalue weighted by Gasteiger charge is 2.33. The number of ketones is 1. The van der Waals surface area contributed by atoms with E-state index in [1.54, 1.807) is 7.11 Å². The molecule has 3 heterocycles. The molecule has 2 aromatic rings. The summed E-state index contributed by atoms with van der Waals surface area (Å²) in [6.07, 6.45) is -3.05. The maximum absolute atomic E-state index is 13.0. The van der Waals surface area contributed by atoms with Crippen molar-refractivity contribution in [1.82, 2.24) is 20.0 Å². The number of amides is 1. The van der Waals surface area contributed by atoms with Crippen molar-refractivity contribution >= 4 is 33.8 Å². The highest BCUT2D eigenvalue weighted by molar-refractivity contribution is 7.15. The number of hydrogen-bond donors (Lipinski definition) is 1. The first kappa shape index (κ1) is 28.2. The van der Waals surface area contributed by atoms with Gasteiger partial charge in [0.25, 0.3) is 0 Å². The minimum atomic E-state index is -4.96. The molecule has 4 rings (SSSR count). The van der Waals surface area contributed by atoms with Crippen LogP contribution in [0.15, 0.2) is 18.2 Å².